The van der Waals surface area contributed by atoms with Gasteiger partial charge in [0.2, 0.25) is 5.95 Å². The minimum Gasteiger partial charge on any atom is -0.344 e. The summed E-state index contributed by atoms with van der Waals surface area (Å²) in [5, 5.41) is 3.36. The van der Waals surface area contributed by atoms with Crippen molar-refractivity contribution in [3.63, 3.8) is 0 Å². The fourth-order valence-electron chi connectivity index (χ4n) is 2.30. The lowest BCUT2D eigenvalue weighted by Crippen LogP contribution is -2.21. The van der Waals surface area contributed by atoms with Crippen LogP contribution in [0.1, 0.15) is 46.1 Å². The van der Waals surface area contributed by atoms with Gasteiger partial charge in [0.25, 0.3) is 0 Å². The molecule has 0 aliphatic rings. The van der Waals surface area contributed by atoms with E-state index in [0.29, 0.717) is 0 Å². The van der Waals surface area contributed by atoms with E-state index < -0.39 is 0 Å². The zero-order chi connectivity index (χ0) is 16.9. The van der Waals surface area contributed by atoms with Gasteiger partial charge in [-0.1, -0.05) is 46.2 Å². The number of unbranched alkanes of at least 4 members (excludes halogenated alkanes) is 1. The fourth-order valence-corrected chi connectivity index (χ4v) is 2.30. The lowest BCUT2D eigenvalue weighted by atomic mass is 9.87. The predicted molar refractivity (Wildman–Crippen MR) is 98.6 cm³/mol. The zero-order valence-corrected chi connectivity index (χ0v) is 14.9. The molecule has 0 saturated heterocycles. The lowest BCUT2D eigenvalue weighted by molar-refractivity contribution is 0.590. The van der Waals surface area contributed by atoms with Gasteiger partial charge in [0.1, 0.15) is 5.82 Å². The van der Waals surface area contributed by atoms with Crippen molar-refractivity contribution in [1.82, 2.24) is 9.97 Å². The van der Waals surface area contributed by atoms with E-state index in [2.05, 4.69) is 72.1 Å². The Morgan fingerprint density at radius 2 is 1.78 bits per heavy atom. The van der Waals surface area contributed by atoms with Crippen LogP contribution in [0.5, 0.6) is 0 Å². The molecule has 0 bridgehead atoms. The molecule has 0 amide bonds. The molecule has 1 aromatic carbocycles. The molecule has 124 valence electrons. The molecule has 0 atom stereocenters. The molecule has 0 aliphatic carbocycles. The third kappa shape index (κ3) is 4.95. The van der Waals surface area contributed by atoms with Gasteiger partial charge in [0, 0.05) is 25.5 Å². The maximum Gasteiger partial charge on any atom is 0.227 e. The summed E-state index contributed by atoms with van der Waals surface area (Å²) in [7, 11) is 2.03. The number of rotatable bonds is 6. The predicted octanol–water partition coefficient (Wildman–Crippen LogP) is 4.75. The summed E-state index contributed by atoms with van der Waals surface area (Å²) in [5.41, 5.74) is 2.53. The minimum atomic E-state index is 0.169. The Kier molecular flexibility index (Phi) is 5.59. The Labute approximate surface area is 140 Å². The van der Waals surface area contributed by atoms with Crippen molar-refractivity contribution in [3.05, 3.63) is 42.1 Å². The number of hydrogen-bond donors (Lipinski definition) is 1. The smallest absolute Gasteiger partial charge is 0.227 e. The summed E-state index contributed by atoms with van der Waals surface area (Å²) in [6, 6.07) is 10.4. The Morgan fingerprint density at radius 3 is 2.39 bits per heavy atom. The van der Waals surface area contributed by atoms with Gasteiger partial charge in [0.15, 0.2) is 0 Å². The Balaban J connectivity index is 2.08. The summed E-state index contributed by atoms with van der Waals surface area (Å²) in [4.78, 5) is 11.0. The molecule has 0 saturated carbocycles. The average molecular weight is 312 g/mol. The van der Waals surface area contributed by atoms with Crippen LogP contribution in [0.2, 0.25) is 0 Å². The highest BCUT2D eigenvalue weighted by molar-refractivity contribution is 5.57. The number of nitrogens with one attached hydrogen (secondary N) is 1. The number of benzene rings is 1. The number of anilines is 3. The second-order valence-corrected chi connectivity index (χ2v) is 6.97. The van der Waals surface area contributed by atoms with E-state index >= 15 is 0 Å². The standard InChI is InChI=1S/C19H28N4/c1-6-7-14-23(5)18-20-13-12-17(22-18)21-16-10-8-15(9-11-16)19(2,3)4/h8-13H,6-7,14H2,1-5H3,(H,20,21,22). The first-order valence-electron chi connectivity index (χ1n) is 8.32. The molecule has 0 fully saturated rings. The molecule has 0 spiro atoms. The fraction of sp³-hybridized carbons (Fsp3) is 0.474. The van der Waals surface area contributed by atoms with Crippen molar-refractivity contribution in [2.24, 2.45) is 0 Å². The number of hydrogen-bond acceptors (Lipinski definition) is 4. The molecule has 0 aliphatic heterocycles. The Bertz CT molecular complexity index is 614. The van der Waals surface area contributed by atoms with Crippen molar-refractivity contribution >= 4 is 17.5 Å². The van der Waals surface area contributed by atoms with Crippen molar-refractivity contribution in [3.8, 4) is 0 Å². The third-order valence-electron chi connectivity index (χ3n) is 3.85. The Hall–Kier alpha value is -2.10. The molecule has 0 unspecified atom stereocenters. The Morgan fingerprint density at radius 1 is 1.09 bits per heavy atom. The molecular formula is C19H28N4. The van der Waals surface area contributed by atoms with E-state index in [9.17, 15) is 0 Å². The molecular weight excluding hydrogens is 284 g/mol. The summed E-state index contributed by atoms with van der Waals surface area (Å²) in [5.74, 6) is 1.58. The maximum absolute atomic E-state index is 4.60. The summed E-state index contributed by atoms with van der Waals surface area (Å²) < 4.78 is 0. The van der Waals surface area contributed by atoms with Crippen LogP contribution in [0.15, 0.2) is 36.5 Å². The van der Waals surface area contributed by atoms with Gasteiger partial charge in [-0.3, -0.25) is 0 Å². The van der Waals surface area contributed by atoms with E-state index in [0.717, 1.165) is 30.4 Å². The van der Waals surface area contributed by atoms with Gasteiger partial charge < -0.3 is 10.2 Å². The SMILES string of the molecule is CCCCN(C)c1nccc(Nc2ccc(C(C)(C)C)cc2)n1. The van der Waals surface area contributed by atoms with Gasteiger partial charge in [-0.05, 0) is 35.6 Å². The molecule has 0 radical (unpaired) electrons. The first-order chi connectivity index (χ1) is 10.9. The third-order valence-corrected chi connectivity index (χ3v) is 3.85. The second-order valence-electron chi connectivity index (χ2n) is 6.97. The maximum atomic E-state index is 4.60. The first-order valence-corrected chi connectivity index (χ1v) is 8.32. The molecule has 2 aromatic rings. The molecule has 1 N–H and O–H groups in total. The van der Waals surface area contributed by atoms with Gasteiger partial charge >= 0.3 is 0 Å². The number of nitrogens with zero attached hydrogens (tertiary/aromatic N) is 3. The van der Waals surface area contributed by atoms with Gasteiger partial charge in [0.05, 0.1) is 0 Å². The van der Waals surface area contributed by atoms with Gasteiger partial charge in [-0.2, -0.15) is 4.98 Å². The minimum absolute atomic E-state index is 0.169. The van der Waals surface area contributed by atoms with Crippen LogP contribution in [0, 0.1) is 0 Å². The average Bonchev–Trinajstić information content (AvgIpc) is 2.52. The summed E-state index contributed by atoms with van der Waals surface area (Å²) in [6.07, 6.45) is 4.12. The van der Waals surface area contributed by atoms with Crippen molar-refractivity contribution < 1.29 is 0 Å². The van der Waals surface area contributed by atoms with Gasteiger partial charge in [-0.15, -0.1) is 0 Å². The zero-order valence-electron chi connectivity index (χ0n) is 14.9. The first kappa shape index (κ1) is 17.3. The van der Waals surface area contributed by atoms with E-state index in [4.69, 9.17) is 0 Å². The van der Waals surface area contributed by atoms with Crippen LogP contribution in [-0.4, -0.2) is 23.6 Å². The molecule has 4 heteroatoms. The monoisotopic (exact) mass is 312 g/mol. The van der Waals surface area contributed by atoms with Crippen LogP contribution >= 0.6 is 0 Å². The van der Waals surface area contributed by atoms with Crippen LogP contribution in [0.3, 0.4) is 0 Å². The highest BCUT2D eigenvalue weighted by Crippen LogP contribution is 2.24. The van der Waals surface area contributed by atoms with E-state index in [-0.39, 0.29) is 5.41 Å². The van der Waals surface area contributed by atoms with Crippen molar-refractivity contribution in [2.75, 3.05) is 23.8 Å². The topological polar surface area (TPSA) is 41.1 Å². The summed E-state index contributed by atoms with van der Waals surface area (Å²) in [6.45, 7) is 9.82. The van der Waals surface area contributed by atoms with E-state index in [1.807, 2.05) is 13.1 Å². The van der Waals surface area contributed by atoms with Crippen LogP contribution in [-0.2, 0) is 5.41 Å². The van der Waals surface area contributed by atoms with E-state index in [1.54, 1.807) is 6.20 Å². The molecule has 23 heavy (non-hydrogen) atoms. The molecule has 1 aromatic heterocycles. The highest BCUT2D eigenvalue weighted by atomic mass is 15.2. The highest BCUT2D eigenvalue weighted by Gasteiger charge is 2.13. The van der Waals surface area contributed by atoms with Gasteiger partial charge in [-0.25, -0.2) is 4.98 Å². The molecule has 1 heterocycles. The largest absolute Gasteiger partial charge is 0.344 e. The van der Waals surface area contributed by atoms with Crippen molar-refractivity contribution in [1.29, 1.82) is 0 Å². The lowest BCUT2D eigenvalue weighted by Gasteiger charge is -2.19. The second kappa shape index (κ2) is 7.44. The number of aromatic nitrogens is 2. The normalized spacial score (nSPS) is 11.3. The van der Waals surface area contributed by atoms with Crippen LogP contribution in [0.4, 0.5) is 17.5 Å². The van der Waals surface area contributed by atoms with Crippen LogP contribution < -0.4 is 10.2 Å². The molecule has 2 rings (SSSR count). The van der Waals surface area contributed by atoms with Crippen molar-refractivity contribution in [2.45, 2.75) is 46.0 Å². The molecule has 4 nitrogen and oxygen atoms in total. The van der Waals surface area contributed by atoms with E-state index in [1.165, 1.54) is 12.0 Å². The summed E-state index contributed by atoms with van der Waals surface area (Å²) >= 11 is 0. The quantitative estimate of drug-likeness (QED) is 0.835. The van der Waals surface area contributed by atoms with Crippen LogP contribution in [0.25, 0.3) is 0 Å².